The Morgan fingerprint density at radius 3 is 2.31 bits per heavy atom. The van der Waals surface area contributed by atoms with E-state index in [-0.39, 0.29) is 0 Å². The molecule has 70 valence electrons. The third kappa shape index (κ3) is 2.41. The van der Waals surface area contributed by atoms with Gasteiger partial charge in [-0.2, -0.15) is 0 Å². The van der Waals surface area contributed by atoms with E-state index in [0.29, 0.717) is 19.8 Å². The third-order valence-corrected chi connectivity index (χ3v) is 6.42. The number of rotatable bonds is 2. The van der Waals surface area contributed by atoms with E-state index in [1.54, 1.807) is 0 Å². The molecule has 0 bridgehead atoms. The average molecular weight is 280 g/mol. The van der Waals surface area contributed by atoms with E-state index in [2.05, 4.69) is 31.2 Å². The molecule has 1 aromatic rings. The molecule has 0 spiro atoms. The van der Waals surface area contributed by atoms with E-state index in [4.69, 9.17) is 23.2 Å². The monoisotopic (exact) mass is 280 g/mol. The molecule has 1 saturated carbocycles. The first-order valence-corrected chi connectivity index (χ1v) is 6.79. The van der Waals surface area contributed by atoms with Crippen LogP contribution < -0.4 is 4.46 Å². The van der Waals surface area contributed by atoms with Crippen molar-refractivity contribution in [3.05, 3.63) is 29.8 Å². The average Bonchev–Trinajstić information content (AvgIpc) is 2.64. The molecule has 1 fully saturated rings. The maximum atomic E-state index is 5.97. The second-order valence-corrected chi connectivity index (χ2v) is 7.60. The van der Waals surface area contributed by atoms with Gasteiger partial charge in [0.05, 0.1) is 0 Å². The summed E-state index contributed by atoms with van der Waals surface area (Å²) in [5.74, 6) is 0. The van der Waals surface area contributed by atoms with Crippen LogP contribution in [0.25, 0.3) is 0 Å². The number of benzene rings is 1. The predicted octanol–water partition coefficient (Wildman–Crippen LogP) is 2.69. The number of hydrogen-bond acceptors (Lipinski definition) is 0. The molecule has 0 amide bonds. The fraction of sp³-hybridized carbons (Fsp3) is 0.400. The van der Waals surface area contributed by atoms with Crippen molar-refractivity contribution in [2.75, 3.05) is 0 Å². The molecule has 0 N–H and O–H groups in total. The van der Waals surface area contributed by atoms with Crippen LogP contribution in [-0.4, -0.2) is 19.3 Å². The Balaban J connectivity index is 2.00. The molecule has 0 aromatic heterocycles. The fourth-order valence-electron chi connectivity index (χ4n) is 1.10. The summed E-state index contributed by atoms with van der Waals surface area (Å²) in [7, 11) is 0. The molecule has 0 heterocycles. The van der Waals surface area contributed by atoms with Gasteiger partial charge in [-0.15, -0.1) is 0 Å². The molecular weight excluding hydrogens is 270 g/mol. The molecule has 1 atom stereocenters. The molecule has 1 aromatic carbocycles. The second kappa shape index (κ2) is 3.47. The van der Waals surface area contributed by atoms with E-state index in [1.165, 1.54) is 10.0 Å². The summed E-state index contributed by atoms with van der Waals surface area (Å²) in [6, 6.07) is 8.64. The standard InChI is InChI=1S/C10H10Cl2Se/c1-7-2-4-8(5-3-7)13-9-6-10(9,11)12/h2-5,9H,6H2,1H3. The minimum absolute atomic E-state index is 0.412. The van der Waals surface area contributed by atoms with Gasteiger partial charge in [0.2, 0.25) is 0 Å². The van der Waals surface area contributed by atoms with Crippen molar-refractivity contribution in [1.29, 1.82) is 0 Å². The zero-order valence-corrected chi connectivity index (χ0v) is 10.5. The molecule has 1 unspecified atom stereocenters. The van der Waals surface area contributed by atoms with Gasteiger partial charge in [0, 0.05) is 0 Å². The van der Waals surface area contributed by atoms with Crippen molar-refractivity contribution in [1.82, 2.24) is 0 Å². The number of hydrogen-bond donors (Lipinski definition) is 0. The molecule has 2 rings (SSSR count). The second-order valence-electron chi connectivity index (χ2n) is 3.38. The van der Waals surface area contributed by atoms with Gasteiger partial charge in [-0.1, -0.05) is 0 Å². The molecular formula is C10H10Cl2Se. The van der Waals surface area contributed by atoms with Crippen molar-refractivity contribution in [3.8, 4) is 0 Å². The van der Waals surface area contributed by atoms with Crippen LogP contribution in [-0.2, 0) is 0 Å². The quantitative estimate of drug-likeness (QED) is 0.577. The first kappa shape index (κ1) is 9.86. The van der Waals surface area contributed by atoms with Gasteiger partial charge in [0.1, 0.15) is 0 Å². The summed E-state index contributed by atoms with van der Waals surface area (Å²) in [6.45, 7) is 2.10. The summed E-state index contributed by atoms with van der Waals surface area (Å²) >= 11 is 12.4. The Bertz CT molecular complexity index is 305. The summed E-state index contributed by atoms with van der Waals surface area (Å²) in [4.78, 5) is 0.519. The number of alkyl halides is 2. The van der Waals surface area contributed by atoms with Crippen LogP contribution in [0.2, 0.25) is 4.82 Å². The zero-order chi connectivity index (χ0) is 9.47. The molecule has 0 radical (unpaired) electrons. The first-order valence-electron chi connectivity index (χ1n) is 4.19. The van der Waals surface area contributed by atoms with E-state index >= 15 is 0 Å². The molecule has 0 nitrogen and oxygen atoms in total. The molecule has 0 aliphatic heterocycles. The zero-order valence-electron chi connectivity index (χ0n) is 7.26. The van der Waals surface area contributed by atoms with Crippen LogP contribution in [0.5, 0.6) is 0 Å². The normalized spacial score (nSPS) is 24.4. The van der Waals surface area contributed by atoms with E-state index in [1.807, 2.05) is 0 Å². The Hall–Kier alpha value is 0.319. The van der Waals surface area contributed by atoms with Crippen molar-refractivity contribution in [2.24, 2.45) is 0 Å². The maximum absolute atomic E-state index is 5.97. The van der Waals surface area contributed by atoms with Gasteiger partial charge in [-0.05, 0) is 0 Å². The number of halogens is 2. The Morgan fingerprint density at radius 2 is 1.85 bits per heavy atom. The summed E-state index contributed by atoms with van der Waals surface area (Å²) < 4.78 is 0.983. The van der Waals surface area contributed by atoms with Crippen molar-refractivity contribution in [2.45, 2.75) is 22.5 Å². The van der Waals surface area contributed by atoms with Crippen molar-refractivity contribution >= 4 is 42.6 Å². The Labute approximate surface area is 94.8 Å². The van der Waals surface area contributed by atoms with Crippen LogP contribution in [0.1, 0.15) is 12.0 Å². The molecule has 3 heteroatoms. The Morgan fingerprint density at radius 1 is 1.31 bits per heavy atom. The van der Waals surface area contributed by atoms with Crippen LogP contribution in [0.15, 0.2) is 24.3 Å². The predicted molar refractivity (Wildman–Crippen MR) is 59.4 cm³/mol. The minimum atomic E-state index is -0.412. The Kier molecular flexibility index (Phi) is 2.63. The van der Waals surface area contributed by atoms with Gasteiger partial charge in [0.25, 0.3) is 0 Å². The van der Waals surface area contributed by atoms with Crippen LogP contribution in [0, 0.1) is 6.92 Å². The topological polar surface area (TPSA) is 0 Å². The molecule has 0 saturated heterocycles. The van der Waals surface area contributed by atoms with Gasteiger partial charge in [-0.3, -0.25) is 0 Å². The molecule has 13 heavy (non-hydrogen) atoms. The fourth-order valence-corrected chi connectivity index (χ4v) is 4.68. The van der Waals surface area contributed by atoms with Crippen LogP contribution >= 0.6 is 23.2 Å². The third-order valence-electron chi connectivity index (χ3n) is 2.07. The van der Waals surface area contributed by atoms with Gasteiger partial charge < -0.3 is 0 Å². The van der Waals surface area contributed by atoms with Gasteiger partial charge in [-0.25, -0.2) is 0 Å². The van der Waals surface area contributed by atoms with Gasteiger partial charge in [0.15, 0.2) is 0 Å². The number of aryl methyl sites for hydroxylation is 1. The van der Waals surface area contributed by atoms with Crippen LogP contribution in [0.3, 0.4) is 0 Å². The van der Waals surface area contributed by atoms with E-state index in [9.17, 15) is 0 Å². The van der Waals surface area contributed by atoms with E-state index in [0.717, 1.165) is 6.42 Å². The first-order chi connectivity index (χ1) is 6.08. The SMILES string of the molecule is Cc1ccc([Se]C2CC2(Cl)Cl)cc1. The molecule has 1 aliphatic rings. The van der Waals surface area contributed by atoms with Crippen molar-refractivity contribution in [3.63, 3.8) is 0 Å². The summed E-state index contributed by atoms with van der Waals surface area (Å²) in [5, 5.41) is 0. The molecule has 1 aliphatic carbocycles. The van der Waals surface area contributed by atoms with Crippen LogP contribution in [0.4, 0.5) is 0 Å². The summed E-state index contributed by atoms with van der Waals surface area (Å²) in [6.07, 6.45) is 0.962. The van der Waals surface area contributed by atoms with Crippen molar-refractivity contribution < 1.29 is 0 Å². The van der Waals surface area contributed by atoms with Gasteiger partial charge >= 0.3 is 94.9 Å². The van der Waals surface area contributed by atoms with E-state index < -0.39 is 4.33 Å². The summed E-state index contributed by atoms with van der Waals surface area (Å²) in [5.41, 5.74) is 1.30.